The minimum Gasteiger partial charge on any atom is -0.481 e. The maximum atomic E-state index is 12.5. The van der Waals surface area contributed by atoms with Crippen molar-refractivity contribution in [2.45, 2.75) is 33.2 Å². The molecule has 23 heavy (non-hydrogen) atoms. The summed E-state index contributed by atoms with van der Waals surface area (Å²) in [5.74, 6) is -1.14. The van der Waals surface area contributed by atoms with Crippen LogP contribution in [0.4, 0.5) is 0 Å². The number of rotatable bonds is 6. The molecule has 0 bridgehead atoms. The van der Waals surface area contributed by atoms with E-state index in [4.69, 9.17) is 5.11 Å². The van der Waals surface area contributed by atoms with Crippen LogP contribution in [0.15, 0.2) is 11.1 Å². The summed E-state index contributed by atoms with van der Waals surface area (Å²) < 4.78 is 1.43. The van der Waals surface area contributed by atoms with Gasteiger partial charge in [0.15, 0.2) is 0 Å². The molecule has 0 aliphatic carbocycles. The molecule has 2 heterocycles. The first kappa shape index (κ1) is 17.1. The fraction of sp³-hybridized carbons (Fsp3) is 0.467. The van der Waals surface area contributed by atoms with Crippen molar-refractivity contribution in [1.82, 2.24) is 14.5 Å². The van der Waals surface area contributed by atoms with Gasteiger partial charge in [-0.1, -0.05) is 0 Å². The molecule has 2 aromatic heterocycles. The zero-order valence-corrected chi connectivity index (χ0v) is 14.1. The van der Waals surface area contributed by atoms with Crippen molar-refractivity contribution in [2.24, 2.45) is 0 Å². The number of aryl methyl sites for hydroxylation is 3. The fourth-order valence-electron chi connectivity index (χ4n) is 2.22. The summed E-state index contributed by atoms with van der Waals surface area (Å²) in [5.41, 5.74) is 0.791. The molecule has 124 valence electrons. The first-order chi connectivity index (χ1) is 10.8. The average Bonchev–Trinajstić information content (AvgIpc) is 2.79. The van der Waals surface area contributed by atoms with E-state index < -0.39 is 5.97 Å². The van der Waals surface area contributed by atoms with Crippen molar-refractivity contribution in [1.29, 1.82) is 0 Å². The van der Waals surface area contributed by atoms with Gasteiger partial charge in [-0.15, -0.1) is 11.3 Å². The van der Waals surface area contributed by atoms with Crippen LogP contribution < -0.4 is 5.56 Å². The molecule has 0 unspecified atom stereocenters. The number of carboxylic acid groups (broad SMARTS) is 1. The quantitative estimate of drug-likeness (QED) is 0.860. The van der Waals surface area contributed by atoms with Gasteiger partial charge in [-0.05, 0) is 19.4 Å². The van der Waals surface area contributed by atoms with E-state index in [1.54, 1.807) is 7.05 Å². The number of amides is 1. The van der Waals surface area contributed by atoms with Gasteiger partial charge in [-0.2, -0.15) is 0 Å². The molecule has 0 atom stereocenters. The van der Waals surface area contributed by atoms with Gasteiger partial charge in [0.25, 0.3) is 5.56 Å². The number of thiophene rings is 1. The second-order valence-electron chi connectivity index (χ2n) is 5.42. The molecule has 0 aromatic carbocycles. The third-order valence-corrected chi connectivity index (χ3v) is 4.92. The van der Waals surface area contributed by atoms with Crippen LogP contribution in [0.1, 0.15) is 23.3 Å². The van der Waals surface area contributed by atoms with Crippen molar-refractivity contribution >= 4 is 33.4 Å². The van der Waals surface area contributed by atoms with Crippen LogP contribution in [0, 0.1) is 13.8 Å². The summed E-state index contributed by atoms with van der Waals surface area (Å²) in [6.45, 7) is 4.23. The molecule has 0 aliphatic heterocycles. The molecular weight excluding hydrogens is 318 g/mol. The largest absolute Gasteiger partial charge is 0.481 e. The first-order valence-corrected chi connectivity index (χ1v) is 8.03. The van der Waals surface area contributed by atoms with Crippen LogP contribution in [-0.4, -0.2) is 45.0 Å². The van der Waals surface area contributed by atoms with Gasteiger partial charge in [-0.3, -0.25) is 19.0 Å². The van der Waals surface area contributed by atoms with E-state index in [0.29, 0.717) is 10.2 Å². The first-order valence-electron chi connectivity index (χ1n) is 7.22. The number of carbonyl (C=O) groups excluding carboxylic acids is 1. The van der Waals surface area contributed by atoms with Gasteiger partial charge in [0.2, 0.25) is 5.91 Å². The third kappa shape index (κ3) is 3.76. The van der Waals surface area contributed by atoms with Gasteiger partial charge in [0, 0.05) is 31.4 Å². The molecule has 0 fully saturated rings. The summed E-state index contributed by atoms with van der Waals surface area (Å²) in [6.07, 6.45) is 1.50. The highest BCUT2D eigenvalue weighted by atomic mass is 32.1. The summed E-state index contributed by atoms with van der Waals surface area (Å²) in [6, 6.07) is 0. The zero-order valence-electron chi connectivity index (χ0n) is 13.3. The molecule has 0 aliphatic rings. The molecule has 2 aromatic rings. The van der Waals surface area contributed by atoms with Crippen LogP contribution in [0.25, 0.3) is 10.2 Å². The third-order valence-electron chi connectivity index (χ3n) is 3.81. The Balaban J connectivity index is 2.09. The highest BCUT2D eigenvalue weighted by molar-refractivity contribution is 7.18. The van der Waals surface area contributed by atoms with Crippen molar-refractivity contribution in [2.75, 3.05) is 13.6 Å². The van der Waals surface area contributed by atoms with Gasteiger partial charge < -0.3 is 10.0 Å². The molecule has 0 saturated carbocycles. The molecule has 2 rings (SSSR count). The molecule has 0 radical (unpaired) electrons. The number of fused-ring (bicyclic) bond motifs is 1. The number of carbonyl (C=O) groups is 2. The van der Waals surface area contributed by atoms with Crippen molar-refractivity contribution < 1.29 is 14.7 Å². The van der Waals surface area contributed by atoms with Gasteiger partial charge >= 0.3 is 5.97 Å². The smallest absolute Gasteiger partial charge is 0.305 e. The van der Waals surface area contributed by atoms with Crippen molar-refractivity contribution in [3.63, 3.8) is 0 Å². The monoisotopic (exact) mass is 337 g/mol. The number of hydrogen-bond donors (Lipinski definition) is 1. The molecule has 1 N–H and O–H groups in total. The number of aromatic nitrogens is 2. The van der Waals surface area contributed by atoms with E-state index in [2.05, 4.69) is 4.98 Å². The van der Waals surface area contributed by atoms with E-state index >= 15 is 0 Å². The van der Waals surface area contributed by atoms with Crippen LogP contribution in [-0.2, 0) is 16.1 Å². The Kier molecular flexibility index (Phi) is 5.15. The van der Waals surface area contributed by atoms with E-state index in [1.807, 2.05) is 13.8 Å². The highest BCUT2D eigenvalue weighted by Crippen LogP contribution is 2.25. The summed E-state index contributed by atoms with van der Waals surface area (Å²) in [5, 5.41) is 9.24. The summed E-state index contributed by atoms with van der Waals surface area (Å²) in [4.78, 5) is 42.4. The standard InChI is InChI=1S/C15H19N3O4S/c1-9-10(2)23-14-13(9)15(22)18(8-16-14)7-4-11(19)17(3)6-5-12(20)21/h8H,4-7H2,1-3H3,(H,20,21). The van der Waals surface area contributed by atoms with Crippen LogP contribution in [0.3, 0.4) is 0 Å². The highest BCUT2D eigenvalue weighted by Gasteiger charge is 2.14. The van der Waals surface area contributed by atoms with Crippen LogP contribution in [0.5, 0.6) is 0 Å². The Bertz CT molecular complexity index is 809. The summed E-state index contributed by atoms with van der Waals surface area (Å²) in [7, 11) is 1.56. The number of hydrogen-bond acceptors (Lipinski definition) is 5. The Labute approximate surface area is 137 Å². The van der Waals surface area contributed by atoms with Gasteiger partial charge in [0.05, 0.1) is 18.1 Å². The zero-order chi connectivity index (χ0) is 17.1. The molecule has 8 heteroatoms. The lowest BCUT2D eigenvalue weighted by atomic mass is 10.2. The van der Waals surface area contributed by atoms with Gasteiger partial charge in [-0.25, -0.2) is 4.98 Å². The fourth-order valence-corrected chi connectivity index (χ4v) is 3.21. The van der Waals surface area contributed by atoms with Crippen molar-refractivity contribution in [3.8, 4) is 0 Å². The van der Waals surface area contributed by atoms with Crippen LogP contribution >= 0.6 is 11.3 Å². The van der Waals surface area contributed by atoms with Gasteiger partial charge in [0.1, 0.15) is 4.83 Å². The minimum absolute atomic E-state index is 0.0942. The lowest BCUT2D eigenvalue weighted by molar-refractivity contribution is -0.138. The minimum atomic E-state index is -0.946. The molecular formula is C15H19N3O4S. The predicted molar refractivity (Wildman–Crippen MR) is 87.9 cm³/mol. The summed E-state index contributed by atoms with van der Waals surface area (Å²) >= 11 is 1.48. The second kappa shape index (κ2) is 6.91. The SMILES string of the molecule is Cc1sc2ncn(CCC(=O)N(C)CCC(=O)O)c(=O)c2c1C. The molecule has 0 saturated heterocycles. The second-order valence-corrected chi connectivity index (χ2v) is 6.62. The lowest BCUT2D eigenvalue weighted by Gasteiger charge is -2.16. The Morgan fingerprint density at radius 1 is 1.35 bits per heavy atom. The Morgan fingerprint density at radius 2 is 2.04 bits per heavy atom. The molecule has 1 amide bonds. The van der Waals surface area contributed by atoms with E-state index in [1.165, 1.54) is 27.1 Å². The Hall–Kier alpha value is -2.22. The van der Waals surface area contributed by atoms with Crippen LogP contribution in [0.2, 0.25) is 0 Å². The number of carboxylic acids is 1. The number of aliphatic carboxylic acids is 1. The van der Waals surface area contributed by atoms with Crippen molar-refractivity contribution in [3.05, 3.63) is 27.1 Å². The topological polar surface area (TPSA) is 92.5 Å². The van der Waals surface area contributed by atoms with E-state index in [9.17, 15) is 14.4 Å². The number of nitrogens with zero attached hydrogens (tertiary/aromatic N) is 3. The predicted octanol–water partition coefficient (Wildman–Crippen LogP) is 1.40. The lowest BCUT2D eigenvalue weighted by Crippen LogP contribution is -2.31. The van der Waals surface area contributed by atoms with E-state index in [-0.39, 0.29) is 37.4 Å². The maximum absolute atomic E-state index is 12.5. The molecule has 7 nitrogen and oxygen atoms in total. The average molecular weight is 337 g/mol. The normalized spacial score (nSPS) is 10.9. The van der Waals surface area contributed by atoms with E-state index in [0.717, 1.165) is 10.4 Å². The Morgan fingerprint density at radius 3 is 2.70 bits per heavy atom. The maximum Gasteiger partial charge on any atom is 0.305 e. The molecule has 0 spiro atoms.